The summed E-state index contributed by atoms with van der Waals surface area (Å²) in [7, 11) is 0. The van der Waals surface area contributed by atoms with Gasteiger partial charge in [0.1, 0.15) is 17.5 Å². The van der Waals surface area contributed by atoms with E-state index in [-0.39, 0.29) is 25.1 Å². The summed E-state index contributed by atoms with van der Waals surface area (Å²) in [5.74, 6) is -3.49. The van der Waals surface area contributed by atoms with Gasteiger partial charge in [0.25, 0.3) is 5.91 Å². The maximum absolute atomic E-state index is 14.8. The van der Waals surface area contributed by atoms with Crippen LogP contribution in [0.2, 0.25) is 0 Å². The first kappa shape index (κ1) is 20.2. The number of halogens is 2. The third-order valence-corrected chi connectivity index (χ3v) is 4.16. The van der Waals surface area contributed by atoms with Crippen LogP contribution in [0.1, 0.15) is 34.0 Å². The zero-order valence-corrected chi connectivity index (χ0v) is 14.6. The van der Waals surface area contributed by atoms with E-state index in [9.17, 15) is 18.4 Å². The second kappa shape index (κ2) is 8.05. The van der Waals surface area contributed by atoms with E-state index in [1.54, 1.807) is 19.1 Å². The molecule has 2 aromatic rings. The number of ether oxygens (including phenoxy) is 1. The molecule has 0 bridgehead atoms. The summed E-state index contributed by atoms with van der Waals surface area (Å²) in [6.45, 7) is 1.49. The fourth-order valence-electron chi connectivity index (χ4n) is 2.86. The summed E-state index contributed by atoms with van der Waals surface area (Å²) in [5.41, 5.74) is 8.55. The minimum absolute atomic E-state index is 0.0569. The van der Waals surface area contributed by atoms with Crippen molar-refractivity contribution in [2.75, 3.05) is 6.61 Å². The van der Waals surface area contributed by atoms with E-state index in [2.05, 4.69) is 0 Å². The highest BCUT2D eigenvalue weighted by atomic mass is 19.1. The highest BCUT2D eigenvalue weighted by Gasteiger charge is 2.44. The number of carbonyl (C=O) groups excluding carboxylic acids is 2. The number of hydrogen-bond donors (Lipinski definition) is 3. The topological polar surface area (TPSA) is 119 Å². The lowest BCUT2D eigenvalue weighted by molar-refractivity contribution is -0.145. The fourth-order valence-corrected chi connectivity index (χ4v) is 2.86. The Bertz CT molecular complexity index is 885. The monoisotopic (exact) mass is 375 g/mol. The van der Waals surface area contributed by atoms with Crippen LogP contribution in [0.5, 0.6) is 0 Å². The first-order valence-corrected chi connectivity index (χ1v) is 8.07. The number of aldehydes is 1. The summed E-state index contributed by atoms with van der Waals surface area (Å²) in [4.78, 5) is 23.4. The lowest BCUT2D eigenvalue weighted by atomic mass is 9.84. The van der Waals surface area contributed by atoms with Gasteiger partial charge < -0.3 is 16.2 Å². The SMILES string of the molecule is CCOC(Cc1ccc(C(=N)N)cc1)(C(N)=O)c1c(F)ccc(C=O)c1F. The molecule has 0 aliphatic rings. The highest BCUT2D eigenvalue weighted by Crippen LogP contribution is 2.35. The van der Waals surface area contributed by atoms with Crippen molar-refractivity contribution < 1.29 is 23.1 Å². The number of hydrogen-bond acceptors (Lipinski definition) is 4. The molecule has 0 radical (unpaired) electrons. The number of rotatable bonds is 8. The van der Waals surface area contributed by atoms with E-state index in [1.165, 1.54) is 12.1 Å². The number of carbonyl (C=O) groups is 2. The van der Waals surface area contributed by atoms with Crippen LogP contribution in [-0.4, -0.2) is 24.6 Å². The molecule has 2 aromatic carbocycles. The van der Waals surface area contributed by atoms with Gasteiger partial charge >= 0.3 is 0 Å². The van der Waals surface area contributed by atoms with E-state index < -0.39 is 34.3 Å². The summed E-state index contributed by atoms with van der Waals surface area (Å²) < 4.78 is 34.8. The number of benzene rings is 2. The maximum atomic E-state index is 14.8. The number of amides is 1. The molecular weight excluding hydrogens is 356 g/mol. The Morgan fingerprint density at radius 1 is 1.19 bits per heavy atom. The molecule has 1 amide bonds. The van der Waals surface area contributed by atoms with Crippen LogP contribution in [0.15, 0.2) is 36.4 Å². The predicted octanol–water partition coefficient (Wildman–Crippen LogP) is 2.02. The summed E-state index contributed by atoms with van der Waals surface area (Å²) in [6.07, 6.45) is -0.0534. The molecule has 5 N–H and O–H groups in total. The molecular formula is C19H19F2N3O3. The molecule has 142 valence electrons. The Morgan fingerprint density at radius 2 is 1.81 bits per heavy atom. The van der Waals surface area contributed by atoms with Crippen LogP contribution < -0.4 is 11.5 Å². The van der Waals surface area contributed by atoms with Crippen molar-refractivity contribution in [3.63, 3.8) is 0 Å². The molecule has 0 fully saturated rings. The molecule has 27 heavy (non-hydrogen) atoms. The molecule has 1 atom stereocenters. The minimum Gasteiger partial charge on any atom is -0.384 e. The van der Waals surface area contributed by atoms with Crippen LogP contribution in [0.4, 0.5) is 8.78 Å². The van der Waals surface area contributed by atoms with Gasteiger partial charge in [-0.1, -0.05) is 24.3 Å². The van der Waals surface area contributed by atoms with E-state index in [4.69, 9.17) is 21.6 Å². The van der Waals surface area contributed by atoms with Gasteiger partial charge in [-0.05, 0) is 24.6 Å². The molecule has 8 heteroatoms. The number of nitrogens with one attached hydrogen (secondary N) is 1. The van der Waals surface area contributed by atoms with Crippen LogP contribution >= 0.6 is 0 Å². The number of amidine groups is 1. The van der Waals surface area contributed by atoms with Gasteiger partial charge in [-0.15, -0.1) is 0 Å². The molecule has 2 rings (SSSR count). The van der Waals surface area contributed by atoms with Gasteiger partial charge in [0.05, 0.1) is 11.1 Å². The van der Waals surface area contributed by atoms with Gasteiger partial charge in [0.15, 0.2) is 11.9 Å². The first-order valence-electron chi connectivity index (χ1n) is 8.07. The zero-order valence-electron chi connectivity index (χ0n) is 14.6. The third-order valence-electron chi connectivity index (χ3n) is 4.16. The van der Waals surface area contributed by atoms with E-state index in [1.807, 2.05) is 0 Å². The third kappa shape index (κ3) is 3.85. The molecule has 0 aromatic heterocycles. The second-order valence-corrected chi connectivity index (χ2v) is 5.86. The van der Waals surface area contributed by atoms with Crippen molar-refractivity contribution in [2.45, 2.75) is 18.9 Å². The normalized spacial score (nSPS) is 13.0. The Kier molecular flexibility index (Phi) is 6.02. The largest absolute Gasteiger partial charge is 0.384 e. The van der Waals surface area contributed by atoms with Crippen molar-refractivity contribution in [3.05, 3.63) is 70.3 Å². The van der Waals surface area contributed by atoms with Gasteiger partial charge in [0.2, 0.25) is 0 Å². The standard InChI is InChI=1S/C19H19F2N3O3/c1-2-27-19(18(24)26,9-11-3-5-12(6-4-11)17(22)23)15-14(20)8-7-13(10-25)16(15)21/h3-8,10H,2,9H2,1H3,(H3,22,23)(H2,24,26). The van der Waals surface area contributed by atoms with Crippen molar-refractivity contribution in [1.82, 2.24) is 0 Å². The van der Waals surface area contributed by atoms with Crippen LogP contribution in [0.3, 0.4) is 0 Å². The zero-order chi connectivity index (χ0) is 20.2. The molecule has 1 unspecified atom stereocenters. The van der Waals surface area contributed by atoms with Gasteiger partial charge in [0, 0.05) is 18.6 Å². The molecule has 0 saturated carbocycles. The van der Waals surface area contributed by atoms with Crippen LogP contribution in [0, 0.1) is 17.0 Å². The van der Waals surface area contributed by atoms with Crippen molar-refractivity contribution in [1.29, 1.82) is 5.41 Å². The number of nitrogens with two attached hydrogens (primary N) is 2. The van der Waals surface area contributed by atoms with Gasteiger partial charge in [-0.2, -0.15) is 0 Å². The Hall–Kier alpha value is -3.13. The molecule has 6 nitrogen and oxygen atoms in total. The molecule has 0 aliphatic carbocycles. The molecule has 0 saturated heterocycles. The van der Waals surface area contributed by atoms with Crippen molar-refractivity contribution >= 4 is 18.0 Å². The van der Waals surface area contributed by atoms with Crippen LogP contribution in [-0.2, 0) is 21.6 Å². The van der Waals surface area contributed by atoms with Gasteiger partial charge in [-0.25, -0.2) is 8.78 Å². The number of nitrogen functional groups attached to an aromatic ring is 1. The molecule has 0 spiro atoms. The Morgan fingerprint density at radius 3 is 2.30 bits per heavy atom. The van der Waals surface area contributed by atoms with Crippen molar-refractivity contribution in [2.24, 2.45) is 11.5 Å². The first-order chi connectivity index (χ1) is 12.8. The van der Waals surface area contributed by atoms with Crippen molar-refractivity contribution in [3.8, 4) is 0 Å². The lowest BCUT2D eigenvalue weighted by Crippen LogP contribution is -2.47. The predicted molar refractivity (Wildman–Crippen MR) is 95.4 cm³/mol. The molecule has 0 heterocycles. The Balaban J connectivity index is 2.65. The Labute approximate surface area is 154 Å². The number of primary amides is 1. The highest BCUT2D eigenvalue weighted by molar-refractivity contribution is 5.95. The van der Waals surface area contributed by atoms with E-state index >= 15 is 0 Å². The van der Waals surface area contributed by atoms with E-state index in [0.717, 1.165) is 12.1 Å². The lowest BCUT2D eigenvalue weighted by Gasteiger charge is -2.32. The van der Waals surface area contributed by atoms with E-state index in [0.29, 0.717) is 11.1 Å². The average Bonchev–Trinajstić information content (AvgIpc) is 2.62. The summed E-state index contributed by atoms with van der Waals surface area (Å²) in [6, 6.07) is 8.02. The fraction of sp³-hybridized carbons (Fsp3) is 0.211. The smallest absolute Gasteiger partial charge is 0.254 e. The van der Waals surface area contributed by atoms with Gasteiger partial charge in [-0.3, -0.25) is 15.0 Å². The quantitative estimate of drug-likeness (QED) is 0.371. The summed E-state index contributed by atoms with van der Waals surface area (Å²) in [5, 5.41) is 7.40. The minimum atomic E-state index is -2.15. The van der Waals surface area contributed by atoms with Crippen LogP contribution in [0.25, 0.3) is 0 Å². The molecule has 0 aliphatic heterocycles. The average molecular weight is 375 g/mol. The summed E-state index contributed by atoms with van der Waals surface area (Å²) >= 11 is 0. The maximum Gasteiger partial charge on any atom is 0.254 e. The second-order valence-electron chi connectivity index (χ2n) is 5.86.